The van der Waals surface area contributed by atoms with Crippen LogP contribution in [-0.2, 0) is 6.42 Å². The molecule has 0 spiro atoms. The van der Waals surface area contributed by atoms with E-state index in [-0.39, 0.29) is 17.8 Å². The smallest absolute Gasteiger partial charge is 0.164 e. The highest BCUT2D eigenvalue weighted by Crippen LogP contribution is 2.50. The number of hydrogen-bond donors (Lipinski definition) is 2. The Morgan fingerprint density at radius 2 is 1.85 bits per heavy atom. The van der Waals surface area contributed by atoms with Gasteiger partial charge in [0.1, 0.15) is 0 Å². The molecular weight excluding hydrogens is 326 g/mol. The molecule has 0 amide bonds. The fourth-order valence-corrected chi connectivity index (χ4v) is 4.54. The number of fused-ring (bicyclic) bond motifs is 1. The number of nitrogens with two attached hydrogens (primary N) is 1. The third-order valence-corrected chi connectivity index (χ3v) is 5.78. The summed E-state index contributed by atoms with van der Waals surface area (Å²) in [7, 11) is 3.34. The lowest BCUT2D eigenvalue weighted by Gasteiger charge is -2.42. The highest BCUT2D eigenvalue weighted by Gasteiger charge is 2.41. The second-order valence-electron chi connectivity index (χ2n) is 6.99. The molecule has 140 valence electrons. The number of aliphatic hydroxyl groups is 1. The summed E-state index contributed by atoms with van der Waals surface area (Å²) in [6.45, 7) is 2.53. The van der Waals surface area contributed by atoms with Crippen LogP contribution in [0.4, 0.5) is 0 Å². The molecule has 0 saturated carbocycles. The molecule has 26 heavy (non-hydrogen) atoms. The Bertz CT molecular complexity index is 732. The maximum Gasteiger partial charge on any atom is 0.164 e. The summed E-state index contributed by atoms with van der Waals surface area (Å²) >= 11 is 0. The minimum absolute atomic E-state index is 0.0815. The summed E-state index contributed by atoms with van der Waals surface area (Å²) in [4.78, 5) is 0. The molecule has 4 atom stereocenters. The maximum atomic E-state index is 10.9. The van der Waals surface area contributed by atoms with Crippen molar-refractivity contribution in [2.45, 2.75) is 37.7 Å². The largest absolute Gasteiger partial charge is 0.493 e. The van der Waals surface area contributed by atoms with Crippen LogP contribution in [0.3, 0.4) is 0 Å². The van der Waals surface area contributed by atoms with Gasteiger partial charge < -0.3 is 20.3 Å². The first kappa shape index (κ1) is 18.7. The second kappa shape index (κ2) is 8.11. The van der Waals surface area contributed by atoms with Gasteiger partial charge in [-0.1, -0.05) is 43.3 Å². The standard InChI is InChI=1S/C22H29NO3/c1-4-19(24)21-16(14-8-6-5-7-9-14)12-17-15(18(21)13-23)10-11-20(25-2)22(17)26-3/h5-11,16,18-19,21,24H,4,12-13,23H2,1-3H3. The zero-order valence-corrected chi connectivity index (χ0v) is 15.8. The summed E-state index contributed by atoms with van der Waals surface area (Å²) in [5, 5.41) is 10.9. The van der Waals surface area contributed by atoms with Crippen LogP contribution >= 0.6 is 0 Å². The molecule has 0 fully saturated rings. The summed E-state index contributed by atoms with van der Waals surface area (Å²) in [5.41, 5.74) is 9.78. The average molecular weight is 355 g/mol. The van der Waals surface area contributed by atoms with Crippen LogP contribution in [0.2, 0.25) is 0 Å². The zero-order valence-electron chi connectivity index (χ0n) is 15.8. The van der Waals surface area contributed by atoms with E-state index in [9.17, 15) is 5.11 Å². The normalized spacial score (nSPS) is 23.2. The Morgan fingerprint density at radius 3 is 2.42 bits per heavy atom. The minimum Gasteiger partial charge on any atom is -0.493 e. The fraction of sp³-hybridized carbons (Fsp3) is 0.455. The van der Waals surface area contributed by atoms with Gasteiger partial charge in [0.25, 0.3) is 0 Å². The van der Waals surface area contributed by atoms with Crippen LogP contribution in [-0.4, -0.2) is 32.0 Å². The van der Waals surface area contributed by atoms with E-state index in [0.717, 1.165) is 23.5 Å². The molecule has 0 saturated heterocycles. The van der Waals surface area contributed by atoms with Gasteiger partial charge in [0, 0.05) is 17.4 Å². The van der Waals surface area contributed by atoms with Crippen LogP contribution in [0.5, 0.6) is 11.5 Å². The predicted molar refractivity (Wildman–Crippen MR) is 104 cm³/mol. The molecule has 3 rings (SSSR count). The Balaban J connectivity index is 2.18. The molecule has 0 heterocycles. The van der Waals surface area contributed by atoms with E-state index >= 15 is 0 Å². The van der Waals surface area contributed by atoms with Crippen molar-refractivity contribution >= 4 is 0 Å². The molecule has 3 N–H and O–H groups in total. The van der Waals surface area contributed by atoms with Crippen molar-refractivity contribution in [1.29, 1.82) is 0 Å². The first-order valence-corrected chi connectivity index (χ1v) is 9.33. The first-order chi connectivity index (χ1) is 12.7. The Kier molecular flexibility index (Phi) is 5.84. The topological polar surface area (TPSA) is 64.7 Å². The van der Waals surface area contributed by atoms with E-state index in [4.69, 9.17) is 15.2 Å². The molecule has 1 aliphatic carbocycles. The third kappa shape index (κ3) is 3.19. The number of hydrogen-bond acceptors (Lipinski definition) is 4. The fourth-order valence-electron chi connectivity index (χ4n) is 4.54. The molecule has 0 aliphatic heterocycles. The SMILES string of the molecule is CCC(O)C1C(c2ccccc2)Cc2c(ccc(OC)c2OC)C1CN. The summed E-state index contributed by atoms with van der Waals surface area (Å²) in [5.74, 6) is 1.88. The molecule has 4 nitrogen and oxygen atoms in total. The average Bonchev–Trinajstić information content (AvgIpc) is 2.71. The van der Waals surface area contributed by atoms with Gasteiger partial charge in [-0.25, -0.2) is 0 Å². The highest BCUT2D eigenvalue weighted by atomic mass is 16.5. The molecule has 0 aromatic heterocycles. The van der Waals surface area contributed by atoms with Gasteiger partial charge >= 0.3 is 0 Å². The molecule has 4 unspecified atom stereocenters. The van der Waals surface area contributed by atoms with E-state index < -0.39 is 6.10 Å². The molecular formula is C22H29NO3. The van der Waals surface area contributed by atoms with Crippen LogP contribution in [0.25, 0.3) is 0 Å². The van der Waals surface area contributed by atoms with Crippen molar-refractivity contribution in [3.63, 3.8) is 0 Å². The second-order valence-corrected chi connectivity index (χ2v) is 6.99. The Morgan fingerprint density at radius 1 is 1.12 bits per heavy atom. The molecule has 4 heteroatoms. The molecule has 0 bridgehead atoms. The summed E-state index contributed by atoms with van der Waals surface area (Å²) < 4.78 is 11.2. The summed E-state index contributed by atoms with van der Waals surface area (Å²) in [6, 6.07) is 14.5. The number of aliphatic hydroxyl groups excluding tert-OH is 1. The van der Waals surface area contributed by atoms with Gasteiger partial charge in [0.15, 0.2) is 11.5 Å². The van der Waals surface area contributed by atoms with Crippen molar-refractivity contribution in [3.05, 3.63) is 59.2 Å². The van der Waals surface area contributed by atoms with E-state index in [1.807, 2.05) is 19.1 Å². The molecule has 1 aliphatic rings. The van der Waals surface area contributed by atoms with Crippen molar-refractivity contribution in [1.82, 2.24) is 0 Å². The number of ether oxygens (including phenoxy) is 2. The van der Waals surface area contributed by atoms with E-state index in [1.165, 1.54) is 11.1 Å². The summed E-state index contributed by atoms with van der Waals surface area (Å²) in [6.07, 6.45) is 1.13. The Hall–Kier alpha value is -2.04. The van der Waals surface area contributed by atoms with Gasteiger partial charge in [-0.2, -0.15) is 0 Å². The zero-order chi connectivity index (χ0) is 18.7. The van der Waals surface area contributed by atoms with Gasteiger partial charge in [0.2, 0.25) is 0 Å². The lowest BCUT2D eigenvalue weighted by molar-refractivity contribution is 0.0669. The monoisotopic (exact) mass is 355 g/mol. The lowest BCUT2D eigenvalue weighted by Crippen LogP contribution is -2.39. The maximum absolute atomic E-state index is 10.9. The minimum atomic E-state index is -0.394. The van der Waals surface area contributed by atoms with Crippen LogP contribution in [0.15, 0.2) is 42.5 Å². The van der Waals surface area contributed by atoms with Crippen molar-refractivity contribution in [2.24, 2.45) is 11.7 Å². The third-order valence-electron chi connectivity index (χ3n) is 5.78. The highest BCUT2D eigenvalue weighted by molar-refractivity contribution is 5.54. The van der Waals surface area contributed by atoms with Crippen LogP contribution < -0.4 is 15.2 Å². The van der Waals surface area contributed by atoms with Crippen molar-refractivity contribution < 1.29 is 14.6 Å². The molecule has 2 aromatic carbocycles. The molecule has 2 aromatic rings. The van der Waals surface area contributed by atoms with Crippen LogP contribution in [0, 0.1) is 5.92 Å². The number of benzene rings is 2. The predicted octanol–water partition coefficient (Wildman–Crippen LogP) is 3.47. The number of rotatable bonds is 6. The first-order valence-electron chi connectivity index (χ1n) is 9.33. The Labute approximate surface area is 155 Å². The number of methoxy groups -OCH3 is 2. The van der Waals surface area contributed by atoms with Gasteiger partial charge in [-0.3, -0.25) is 0 Å². The molecule has 0 radical (unpaired) electrons. The van der Waals surface area contributed by atoms with E-state index in [1.54, 1.807) is 14.2 Å². The van der Waals surface area contributed by atoms with Crippen LogP contribution in [0.1, 0.15) is 41.9 Å². The lowest BCUT2D eigenvalue weighted by atomic mass is 9.64. The van der Waals surface area contributed by atoms with Crippen molar-refractivity contribution in [3.8, 4) is 11.5 Å². The van der Waals surface area contributed by atoms with E-state index in [0.29, 0.717) is 13.0 Å². The van der Waals surface area contributed by atoms with Gasteiger partial charge in [-0.05, 0) is 42.5 Å². The quantitative estimate of drug-likeness (QED) is 0.833. The van der Waals surface area contributed by atoms with Gasteiger partial charge in [-0.15, -0.1) is 0 Å². The van der Waals surface area contributed by atoms with Crippen molar-refractivity contribution in [2.75, 3.05) is 20.8 Å². The van der Waals surface area contributed by atoms with Gasteiger partial charge in [0.05, 0.1) is 20.3 Å². The van der Waals surface area contributed by atoms with E-state index in [2.05, 4.69) is 30.3 Å².